The summed E-state index contributed by atoms with van der Waals surface area (Å²) >= 11 is 0. The van der Waals surface area contributed by atoms with Gasteiger partial charge in [0.05, 0.1) is 0 Å². The molecule has 1 aliphatic heterocycles. The van der Waals surface area contributed by atoms with Crippen molar-refractivity contribution in [1.29, 1.82) is 0 Å². The first-order chi connectivity index (χ1) is 7.58. The second-order valence-electron chi connectivity index (χ2n) is 4.35. The van der Waals surface area contributed by atoms with Crippen LogP contribution in [-0.2, 0) is 0 Å². The first-order valence-electron chi connectivity index (χ1n) is 5.45. The molecule has 2 N–H and O–H groups in total. The highest BCUT2D eigenvalue weighted by molar-refractivity contribution is 5.62. The minimum absolute atomic E-state index is 0.148. The normalized spacial score (nSPS) is 15.0. The topological polar surface area (TPSA) is 47.7 Å². The Balaban J connectivity index is 2.27. The van der Waals surface area contributed by atoms with Crippen LogP contribution in [0, 0.1) is 6.92 Å². The minimum Gasteiger partial charge on any atom is -0.454 e. The standard InChI is InChI=1S/C12H18N2O2/c1-8-4-11-12(16-7-15-11)5-10(8)14(3)6-9(2)13/h4-5,9H,6-7,13H2,1-3H3. The number of ether oxygens (including phenoxy) is 2. The summed E-state index contributed by atoms with van der Waals surface area (Å²) in [4.78, 5) is 2.14. The second kappa shape index (κ2) is 4.22. The van der Waals surface area contributed by atoms with Crippen molar-refractivity contribution in [1.82, 2.24) is 0 Å². The van der Waals surface area contributed by atoms with E-state index in [0.29, 0.717) is 6.79 Å². The SMILES string of the molecule is Cc1cc2c(cc1N(C)CC(C)N)OCO2. The van der Waals surface area contributed by atoms with E-state index in [1.807, 2.05) is 26.1 Å². The van der Waals surface area contributed by atoms with Gasteiger partial charge in [0.2, 0.25) is 6.79 Å². The Hall–Kier alpha value is -1.42. The van der Waals surface area contributed by atoms with Crippen LogP contribution in [0.25, 0.3) is 0 Å². The molecule has 88 valence electrons. The van der Waals surface area contributed by atoms with Gasteiger partial charge >= 0.3 is 0 Å². The third kappa shape index (κ3) is 2.07. The second-order valence-corrected chi connectivity index (χ2v) is 4.35. The Bertz CT molecular complexity index is 391. The molecular formula is C12H18N2O2. The van der Waals surface area contributed by atoms with Crippen molar-refractivity contribution in [2.45, 2.75) is 19.9 Å². The van der Waals surface area contributed by atoms with Gasteiger partial charge < -0.3 is 20.1 Å². The molecule has 1 heterocycles. The van der Waals surface area contributed by atoms with Gasteiger partial charge in [0.25, 0.3) is 0 Å². The predicted molar refractivity (Wildman–Crippen MR) is 64.2 cm³/mol. The molecule has 0 aliphatic carbocycles. The first kappa shape index (κ1) is 11.1. The molecule has 16 heavy (non-hydrogen) atoms. The average Bonchev–Trinajstić information content (AvgIpc) is 2.61. The van der Waals surface area contributed by atoms with Crippen molar-refractivity contribution in [3.8, 4) is 11.5 Å². The van der Waals surface area contributed by atoms with Crippen LogP contribution < -0.4 is 20.1 Å². The fourth-order valence-corrected chi connectivity index (χ4v) is 1.97. The number of fused-ring (bicyclic) bond motifs is 1. The van der Waals surface area contributed by atoms with Crippen molar-refractivity contribution in [2.24, 2.45) is 5.73 Å². The molecule has 1 unspecified atom stereocenters. The van der Waals surface area contributed by atoms with Crippen molar-refractivity contribution in [2.75, 3.05) is 25.3 Å². The maximum Gasteiger partial charge on any atom is 0.231 e. The zero-order valence-electron chi connectivity index (χ0n) is 9.99. The molecule has 4 nitrogen and oxygen atoms in total. The summed E-state index contributed by atoms with van der Waals surface area (Å²) in [6.07, 6.45) is 0. The molecule has 4 heteroatoms. The molecule has 0 radical (unpaired) electrons. The van der Waals surface area contributed by atoms with E-state index in [0.717, 1.165) is 23.7 Å². The smallest absolute Gasteiger partial charge is 0.231 e. The highest BCUT2D eigenvalue weighted by Crippen LogP contribution is 2.37. The van der Waals surface area contributed by atoms with E-state index in [1.165, 1.54) is 5.56 Å². The van der Waals surface area contributed by atoms with Gasteiger partial charge in [0, 0.05) is 31.4 Å². The fraction of sp³-hybridized carbons (Fsp3) is 0.500. The van der Waals surface area contributed by atoms with E-state index in [-0.39, 0.29) is 6.04 Å². The molecule has 2 rings (SSSR count). The van der Waals surface area contributed by atoms with E-state index >= 15 is 0 Å². The van der Waals surface area contributed by atoms with Crippen LogP contribution in [0.2, 0.25) is 0 Å². The summed E-state index contributed by atoms with van der Waals surface area (Å²) < 4.78 is 10.7. The molecule has 0 amide bonds. The molecular weight excluding hydrogens is 204 g/mol. The summed E-state index contributed by atoms with van der Waals surface area (Å²) in [5.74, 6) is 1.65. The number of nitrogens with two attached hydrogens (primary N) is 1. The first-order valence-corrected chi connectivity index (χ1v) is 5.45. The number of benzene rings is 1. The minimum atomic E-state index is 0.148. The van der Waals surface area contributed by atoms with Gasteiger partial charge in [-0.15, -0.1) is 0 Å². The van der Waals surface area contributed by atoms with Crippen LogP contribution in [0.3, 0.4) is 0 Å². The molecule has 0 saturated heterocycles. The van der Waals surface area contributed by atoms with Crippen molar-refractivity contribution >= 4 is 5.69 Å². The number of hydrogen-bond acceptors (Lipinski definition) is 4. The van der Waals surface area contributed by atoms with Crippen molar-refractivity contribution < 1.29 is 9.47 Å². The van der Waals surface area contributed by atoms with Crippen molar-refractivity contribution in [3.63, 3.8) is 0 Å². The summed E-state index contributed by atoms with van der Waals surface area (Å²) in [7, 11) is 2.04. The lowest BCUT2D eigenvalue weighted by molar-refractivity contribution is 0.174. The van der Waals surface area contributed by atoms with Crippen LogP contribution >= 0.6 is 0 Å². The van der Waals surface area contributed by atoms with E-state index < -0.39 is 0 Å². The molecule has 1 aromatic carbocycles. The van der Waals surface area contributed by atoms with E-state index in [2.05, 4.69) is 11.8 Å². The molecule has 1 aromatic rings. The Morgan fingerprint density at radius 3 is 2.62 bits per heavy atom. The predicted octanol–water partition coefficient (Wildman–Crippen LogP) is 1.51. The van der Waals surface area contributed by atoms with Gasteiger partial charge in [0.1, 0.15) is 0 Å². The summed E-state index contributed by atoms with van der Waals surface area (Å²) in [5, 5.41) is 0. The monoisotopic (exact) mass is 222 g/mol. The summed E-state index contributed by atoms with van der Waals surface area (Å²) in [6, 6.07) is 4.17. The van der Waals surface area contributed by atoms with Gasteiger partial charge in [-0.3, -0.25) is 0 Å². The van der Waals surface area contributed by atoms with Gasteiger partial charge in [-0.1, -0.05) is 0 Å². The van der Waals surface area contributed by atoms with E-state index in [4.69, 9.17) is 15.2 Å². The lowest BCUT2D eigenvalue weighted by atomic mass is 10.1. The molecule has 1 atom stereocenters. The van der Waals surface area contributed by atoms with Gasteiger partial charge in [0.15, 0.2) is 11.5 Å². The number of hydrogen-bond donors (Lipinski definition) is 1. The number of nitrogens with zero attached hydrogens (tertiary/aromatic N) is 1. The van der Waals surface area contributed by atoms with Crippen LogP contribution in [0.5, 0.6) is 11.5 Å². The quantitative estimate of drug-likeness (QED) is 0.842. The van der Waals surface area contributed by atoms with Gasteiger partial charge in [-0.25, -0.2) is 0 Å². The van der Waals surface area contributed by atoms with Gasteiger partial charge in [-0.05, 0) is 25.5 Å². The van der Waals surface area contributed by atoms with E-state index in [9.17, 15) is 0 Å². The number of rotatable bonds is 3. The zero-order valence-corrected chi connectivity index (χ0v) is 9.99. The van der Waals surface area contributed by atoms with Crippen LogP contribution in [0.15, 0.2) is 12.1 Å². The molecule has 0 saturated carbocycles. The number of anilines is 1. The average molecular weight is 222 g/mol. The maximum absolute atomic E-state index is 5.80. The summed E-state index contributed by atoms with van der Waals surface area (Å²) in [6.45, 7) is 5.20. The lowest BCUT2D eigenvalue weighted by Gasteiger charge is -2.23. The Morgan fingerprint density at radius 2 is 2.00 bits per heavy atom. The van der Waals surface area contributed by atoms with Crippen LogP contribution in [0.4, 0.5) is 5.69 Å². The molecule has 0 spiro atoms. The third-order valence-electron chi connectivity index (χ3n) is 2.66. The fourth-order valence-electron chi connectivity index (χ4n) is 1.97. The molecule has 0 bridgehead atoms. The number of aryl methyl sites for hydroxylation is 1. The van der Waals surface area contributed by atoms with Crippen LogP contribution in [0.1, 0.15) is 12.5 Å². The Labute approximate surface area is 95.9 Å². The molecule has 0 fully saturated rings. The highest BCUT2D eigenvalue weighted by atomic mass is 16.7. The molecule has 0 aromatic heterocycles. The van der Waals surface area contributed by atoms with Crippen molar-refractivity contribution in [3.05, 3.63) is 17.7 Å². The molecule has 1 aliphatic rings. The Kier molecular flexibility index (Phi) is 2.92. The maximum atomic E-state index is 5.80. The number of likely N-dealkylation sites (N-methyl/N-ethyl adjacent to an activating group) is 1. The third-order valence-corrected chi connectivity index (χ3v) is 2.66. The summed E-state index contributed by atoms with van der Waals surface area (Å²) in [5.41, 5.74) is 8.11. The van der Waals surface area contributed by atoms with E-state index in [1.54, 1.807) is 0 Å². The lowest BCUT2D eigenvalue weighted by Crippen LogP contribution is -2.33. The Morgan fingerprint density at radius 1 is 1.38 bits per heavy atom. The highest BCUT2D eigenvalue weighted by Gasteiger charge is 2.17. The van der Waals surface area contributed by atoms with Gasteiger partial charge in [-0.2, -0.15) is 0 Å². The zero-order chi connectivity index (χ0) is 11.7. The van der Waals surface area contributed by atoms with Crippen LogP contribution in [-0.4, -0.2) is 26.4 Å². The largest absolute Gasteiger partial charge is 0.454 e.